The first kappa shape index (κ1) is 15.4. The highest BCUT2D eigenvalue weighted by Gasteiger charge is 2.14. The fourth-order valence-electron chi connectivity index (χ4n) is 2.88. The van der Waals surface area contributed by atoms with Crippen molar-refractivity contribution in [2.24, 2.45) is 0 Å². The van der Waals surface area contributed by atoms with E-state index in [-0.39, 0.29) is 5.82 Å². The van der Waals surface area contributed by atoms with Crippen molar-refractivity contribution in [3.05, 3.63) is 77.7 Å². The molecule has 0 atom stereocenters. The Hall–Kier alpha value is -2.48. The fraction of sp³-hybridized carbons (Fsp3) is 0.190. The lowest BCUT2D eigenvalue weighted by molar-refractivity contribution is 0.628. The van der Waals surface area contributed by atoms with Crippen molar-refractivity contribution < 1.29 is 4.39 Å². The van der Waals surface area contributed by atoms with E-state index in [4.69, 9.17) is 4.98 Å². The molecule has 116 valence electrons. The second kappa shape index (κ2) is 6.33. The summed E-state index contributed by atoms with van der Waals surface area (Å²) in [6.45, 7) is 6.40. The van der Waals surface area contributed by atoms with Gasteiger partial charge in [0.1, 0.15) is 5.82 Å². The second-order valence-electron chi connectivity index (χ2n) is 6.09. The molecule has 0 saturated heterocycles. The Kier molecular flexibility index (Phi) is 4.24. The Morgan fingerprint density at radius 1 is 0.870 bits per heavy atom. The van der Waals surface area contributed by atoms with Gasteiger partial charge >= 0.3 is 0 Å². The molecule has 1 nitrogen and oxygen atoms in total. The maximum atomic E-state index is 13.2. The highest BCUT2D eigenvalue weighted by molar-refractivity contribution is 5.74. The molecule has 0 saturated carbocycles. The van der Waals surface area contributed by atoms with Crippen molar-refractivity contribution in [3.63, 3.8) is 0 Å². The van der Waals surface area contributed by atoms with Gasteiger partial charge in [-0.1, -0.05) is 56.3 Å². The minimum Gasteiger partial charge on any atom is -0.252 e. The van der Waals surface area contributed by atoms with Crippen LogP contribution in [0.3, 0.4) is 0 Å². The number of hydrogen-bond donors (Lipinski definition) is 0. The lowest BCUT2D eigenvalue weighted by atomic mass is 9.93. The van der Waals surface area contributed by atoms with E-state index in [0.29, 0.717) is 5.92 Å². The Morgan fingerprint density at radius 2 is 1.52 bits per heavy atom. The zero-order valence-electron chi connectivity index (χ0n) is 13.7. The molecule has 0 aliphatic carbocycles. The van der Waals surface area contributed by atoms with Crippen molar-refractivity contribution in [1.29, 1.82) is 0 Å². The zero-order chi connectivity index (χ0) is 16.4. The van der Waals surface area contributed by atoms with Crippen LogP contribution in [0.15, 0.2) is 60.7 Å². The van der Waals surface area contributed by atoms with Crippen LogP contribution in [-0.4, -0.2) is 4.98 Å². The number of aromatic nitrogens is 1. The summed E-state index contributed by atoms with van der Waals surface area (Å²) in [5, 5.41) is 0. The monoisotopic (exact) mass is 305 g/mol. The highest BCUT2D eigenvalue weighted by Crippen LogP contribution is 2.32. The Balaban J connectivity index is 2.22. The average Bonchev–Trinajstić information content (AvgIpc) is 2.56. The second-order valence-corrected chi connectivity index (χ2v) is 6.09. The average molecular weight is 305 g/mol. The fourth-order valence-corrected chi connectivity index (χ4v) is 2.88. The molecule has 0 aliphatic heterocycles. The highest BCUT2D eigenvalue weighted by atomic mass is 19.1. The maximum absolute atomic E-state index is 13.2. The van der Waals surface area contributed by atoms with Gasteiger partial charge in [-0.25, -0.2) is 4.39 Å². The Bertz CT molecular complexity index is 805. The van der Waals surface area contributed by atoms with Gasteiger partial charge in [0.15, 0.2) is 0 Å². The number of rotatable bonds is 3. The summed E-state index contributed by atoms with van der Waals surface area (Å²) in [6.07, 6.45) is 0. The molecule has 23 heavy (non-hydrogen) atoms. The molecular weight excluding hydrogens is 285 g/mol. The first-order valence-corrected chi connectivity index (χ1v) is 7.89. The standard InChI is InChI=1S/C21H20FN/c1-14(2)21-15(3)19(16-9-11-18(22)12-10-16)13-20(23-21)17-7-5-4-6-8-17/h4-14H,1-3H3. The zero-order valence-corrected chi connectivity index (χ0v) is 13.7. The number of nitrogens with zero attached hydrogens (tertiary/aromatic N) is 1. The van der Waals surface area contributed by atoms with E-state index in [9.17, 15) is 4.39 Å². The lowest BCUT2D eigenvalue weighted by Gasteiger charge is -2.16. The third-order valence-corrected chi connectivity index (χ3v) is 4.08. The van der Waals surface area contributed by atoms with E-state index in [1.165, 1.54) is 12.1 Å². The van der Waals surface area contributed by atoms with Crippen molar-refractivity contribution in [1.82, 2.24) is 4.98 Å². The van der Waals surface area contributed by atoms with Crippen LogP contribution < -0.4 is 0 Å². The van der Waals surface area contributed by atoms with E-state index < -0.39 is 0 Å². The van der Waals surface area contributed by atoms with Gasteiger partial charge in [0.25, 0.3) is 0 Å². The van der Waals surface area contributed by atoms with Crippen LogP contribution in [0.5, 0.6) is 0 Å². The molecule has 0 bridgehead atoms. The van der Waals surface area contributed by atoms with Gasteiger partial charge < -0.3 is 0 Å². The molecule has 0 amide bonds. The minimum atomic E-state index is -0.215. The Morgan fingerprint density at radius 3 is 2.13 bits per heavy atom. The quantitative estimate of drug-likeness (QED) is 0.579. The van der Waals surface area contributed by atoms with Gasteiger partial charge in [-0.2, -0.15) is 0 Å². The SMILES string of the molecule is Cc1c(-c2ccc(F)cc2)cc(-c2ccccc2)nc1C(C)C. The molecule has 0 spiro atoms. The molecule has 3 aromatic rings. The van der Waals surface area contributed by atoms with Gasteiger partial charge in [-0.3, -0.25) is 4.98 Å². The van der Waals surface area contributed by atoms with Crippen LogP contribution in [0.25, 0.3) is 22.4 Å². The largest absolute Gasteiger partial charge is 0.252 e. The van der Waals surface area contributed by atoms with Crippen molar-refractivity contribution in [2.45, 2.75) is 26.7 Å². The van der Waals surface area contributed by atoms with Crippen LogP contribution in [0.2, 0.25) is 0 Å². The third-order valence-electron chi connectivity index (χ3n) is 4.08. The lowest BCUT2D eigenvalue weighted by Crippen LogP contribution is -2.01. The summed E-state index contributed by atoms with van der Waals surface area (Å²) in [7, 11) is 0. The van der Waals surface area contributed by atoms with Crippen molar-refractivity contribution >= 4 is 0 Å². The molecule has 0 unspecified atom stereocenters. The summed E-state index contributed by atoms with van der Waals surface area (Å²) >= 11 is 0. The first-order chi connectivity index (χ1) is 11.1. The van der Waals surface area contributed by atoms with Crippen LogP contribution in [0, 0.1) is 12.7 Å². The van der Waals surface area contributed by atoms with E-state index >= 15 is 0 Å². The smallest absolute Gasteiger partial charge is 0.123 e. The van der Waals surface area contributed by atoms with Crippen molar-refractivity contribution in [3.8, 4) is 22.4 Å². The summed E-state index contributed by atoms with van der Waals surface area (Å²) in [5.41, 5.74) is 6.43. The topological polar surface area (TPSA) is 12.9 Å². The van der Waals surface area contributed by atoms with Crippen molar-refractivity contribution in [2.75, 3.05) is 0 Å². The van der Waals surface area contributed by atoms with Crippen LogP contribution in [-0.2, 0) is 0 Å². The first-order valence-electron chi connectivity index (χ1n) is 7.89. The van der Waals surface area contributed by atoms with Gasteiger partial charge in [0.05, 0.1) is 5.69 Å². The number of benzene rings is 2. The maximum Gasteiger partial charge on any atom is 0.123 e. The molecule has 3 rings (SSSR count). The minimum absolute atomic E-state index is 0.215. The summed E-state index contributed by atoms with van der Waals surface area (Å²) in [4.78, 5) is 4.87. The molecular formula is C21H20FN. The number of pyridine rings is 1. The normalized spacial score (nSPS) is 11.0. The molecule has 0 aliphatic rings. The van der Waals surface area contributed by atoms with Crippen LogP contribution >= 0.6 is 0 Å². The van der Waals surface area contributed by atoms with Gasteiger partial charge in [0.2, 0.25) is 0 Å². The molecule has 2 heteroatoms. The Labute approximate surface area is 136 Å². The van der Waals surface area contributed by atoms with E-state index in [2.05, 4.69) is 39.0 Å². The summed E-state index contributed by atoms with van der Waals surface area (Å²) < 4.78 is 13.2. The molecule has 0 radical (unpaired) electrons. The summed E-state index contributed by atoms with van der Waals surface area (Å²) in [5.74, 6) is 0.116. The molecule has 2 aromatic carbocycles. The molecule has 0 fully saturated rings. The van der Waals surface area contributed by atoms with Crippen LogP contribution in [0.4, 0.5) is 4.39 Å². The van der Waals surface area contributed by atoms with Gasteiger partial charge in [-0.05, 0) is 47.7 Å². The predicted molar refractivity (Wildman–Crippen MR) is 93.9 cm³/mol. The number of halogens is 1. The molecule has 0 N–H and O–H groups in total. The van der Waals surface area contributed by atoms with Crippen LogP contribution in [0.1, 0.15) is 31.0 Å². The predicted octanol–water partition coefficient (Wildman–Crippen LogP) is 5.99. The summed E-state index contributed by atoms with van der Waals surface area (Å²) in [6, 6.07) is 18.9. The van der Waals surface area contributed by atoms with E-state index in [1.807, 2.05) is 30.3 Å². The van der Waals surface area contributed by atoms with Gasteiger partial charge in [-0.15, -0.1) is 0 Å². The van der Waals surface area contributed by atoms with Gasteiger partial charge in [0, 0.05) is 11.3 Å². The number of hydrogen-bond acceptors (Lipinski definition) is 1. The van der Waals surface area contributed by atoms with E-state index in [1.54, 1.807) is 0 Å². The molecule has 1 aromatic heterocycles. The van der Waals surface area contributed by atoms with E-state index in [0.717, 1.165) is 33.6 Å². The molecule has 1 heterocycles. The third kappa shape index (κ3) is 3.16.